The number of ether oxygens (including phenoxy) is 3. The Balaban J connectivity index is 1.82. The number of halogens is 1. The highest BCUT2D eigenvalue weighted by atomic mass is 19.1. The first-order valence-electron chi connectivity index (χ1n) is 7.28. The number of benzene rings is 2. The molecule has 6 nitrogen and oxygen atoms in total. The van der Waals surface area contributed by atoms with Gasteiger partial charge in [0.15, 0.2) is 11.6 Å². The summed E-state index contributed by atoms with van der Waals surface area (Å²) >= 11 is 0. The maximum atomic E-state index is 13.4. The molecule has 0 heterocycles. The predicted molar refractivity (Wildman–Crippen MR) is 88.5 cm³/mol. The largest absolute Gasteiger partial charge is 0.497 e. The lowest BCUT2D eigenvalue weighted by Crippen LogP contribution is -2.32. The van der Waals surface area contributed by atoms with Gasteiger partial charge in [-0.3, -0.25) is 0 Å². The van der Waals surface area contributed by atoms with E-state index in [1.54, 1.807) is 30.3 Å². The Hall–Kier alpha value is -2.96. The van der Waals surface area contributed by atoms with Gasteiger partial charge in [-0.05, 0) is 24.3 Å². The van der Waals surface area contributed by atoms with Crippen molar-refractivity contribution in [2.24, 2.45) is 0 Å². The van der Waals surface area contributed by atoms with E-state index in [9.17, 15) is 9.18 Å². The van der Waals surface area contributed by atoms with Gasteiger partial charge in [0.2, 0.25) is 0 Å². The van der Waals surface area contributed by atoms with Crippen LogP contribution in [0.4, 0.5) is 14.9 Å². The molecule has 0 aliphatic carbocycles. The molecule has 2 rings (SSSR count). The van der Waals surface area contributed by atoms with Crippen molar-refractivity contribution >= 4 is 11.7 Å². The van der Waals surface area contributed by atoms with Crippen molar-refractivity contribution in [3.63, 3.8) is 0 Å². The first kappa shape index (κ1) is 17.4. The van der Waals surface area contributed by atoms with Gasteiger partial charge < -0.3 is 24.8 Å². The summed E-state index contributed by atoms with van der Waals surface area (Å²) in [7, 11) is 3.04. The van der Waals surface area contributed by atoms with Crippen LogP contribution < -0.4 is 24.8 Å². The fourth-order valence-corrected chi connectivity index (χ4v) is 1.97. The Kier molecular flexibility index (Phi) is 6.24. The zero-order chi connectivity index (χ0) is 17.4. The molecular formula is C17H19FN2O4. The third kappa shape index (κ3) is 4.77. The maximum absolute atomic E-state index is 13.4. The first-order valence-corrected chi connectivity index (χ1v) is 7.28. The number of rotatable bonds is 7. The number of methoxy groups -OCH3 is 2. The van der Waals surface area contributed by atoms with Crippen molar-refractivity contribution < 1.29 is 23.4 Å². The monoisotopic (exact) mass is 334 g/mol. The van der Waals surface area contributed by atoms with E-state index >= 15 is 0 Å². The number of carbonyl (C=O) groups is 1. The lowest BCUT2D eigenvalue weighted by Gasteiger charge is -2.13. The molecule has 2 N–H and O–H groups in total. The number of hydrogen-bond donors (Lipinski definition) is 2. The Morgan fingerprint density at radius 1 is 1.08 bits per heavy atom. The Bertz CT molecular complexity index is 694. The highest BCUT2D eigenvalue weighted by molar-refractivity contribution is 5.91. The van der Waals surface area contributed by atoms with Gasteiger partial charge in [0.25, 0.3) is 0 Å². The number of anilines is 1. The summed E-state index contributed by atoms with van der Waals surface area (Å²) in [5, 5.41) is 5.28. The lowest BCUT2D eigenvalue weighted by atomic mass is 10.2. The summed E-state index contributed by atoms with van der Waals surface area (Å²) in [5.41, 5.74) is 0.476. The normalized spacial score (nSPS) is 9.96. The van der Waals surface area contributed by atoms with Gasteiger partial charge in [-0.2, -0.15) is 0 Å². The second kappa shape index (κ2) is 8.61. The van der Waals surface area contributed by atoms with Gasteiger partial charge in [-0.25, -0.2) is 9.18 Å². The smallest absolute Gasteiger partial charge is 0.319 e. The Labute approximate surface area is 139 Å². The van der Waals surface area contributed by atoms with Crippen LogP contribution in [0.25, 0.3) is 0 Å². The number of para-hydroxylation sites is 1. The van der Waals surface area contributed by atoms with Crippen LogP contribution in [0.15, 0.2) is 42.5 Å². The van der Waals surface area contributed by atoms with Crippen LogP contribution >= 0.6 is 0 Å². The molecule has 0 aliphatic heterocycles. The summed E-state index contributed by atoms with van der Waals surface area (Å²) in [5.74, 6) is 0.805. The van der Waals surface area contributed by atoms with E-state index < -0.39 is 11.8 Å². The quantitative estimate of drug-likeness (QED) is 0.764. The number of nitrogens with one attached hydrogen (secondary N) is 2. The van der Waals surface area contributed by atoms with Crippen molar-refractivity contribution in [2.45, 2.75) is 0 Å². The van der Waals surface area contributed by atoms with Crippen LogP contribution in [0, 0.1) is 5.82 Å². The van der Waals surface area contributed by atoms with E-state index in [1.807, 2.05) is 0 Å². The Morgan fingerprint density at radius 3 is 2.58 bits per heavy atom. The molecule has 2 aromatic carbocycles. The van der Waals surface area contributed by atoms with Crippen LogP contribution in [0.1, 0.15) is 0 Å². The average Bonchev–Trinajstić information content (AvgIpc) is 2.60. The maximum Gasteiger partial charge on any atom is 0.319 e. The van der Waals surface area contributed by atoms with Gasteiger partial charge in [0.05, 0.1) is 26.5 Å². The third-order valence-corrected chi connectivity index (χ3v) is 3.14. The van der Waals surface area contributed by atoms with Crippen molar-refractivity contribution in [2.75, 3.05) is 32.7 Å². The molecule has 0 radical (unpaired) electrons. The highest BCUT2D eigenvalue weighted by Gasteiger charge is 2.09. The first-order chi connectivity index (χ1) is 11.6. The fraction of sp³-hybridized carbons (Fsp3) is 0.235. The van der Waals surface area contributed by atoms with E-state index in [1.165, 1.54) is 26.4 Å². The molecule has 0 aliphatic rings. The molecule has 0 saturated heterocycles. The molecule has 0 unspecified atom stereocenters. The zero-order valence-corrected chi connectivity index (χ0v) is 13.5. The summed E-state index contributed by atoms with van der Waals surface area (Å²) in [4.78, 5) is 11.9. The summed E-state index contributed by atoms with van der Waals surface area (Å²) < 4.78 is 28.9. The van der Waals surface area contributed by atoms with Crippen LogP contribution in [0.3, 0.4) is 0 Å². The number of amides is 2. The summed E-state index contributed by atoms with van der Waals surface area (Å²) in [6.45, 7) is 0.357. The summed E-state index contributed by atoms with van der Waals surface area (Å²) in [6, 6.07) is 10.7. The van der Waals surface area contributed by atoms with E-state index in [0.29, 0.717) is 17.2 Å². The molecule has 0 saturated carbocycles. The lowest BCUT2D eigenvalue weighted by molar-refractivity contribution is 0.246. The minimum absolute atomic E-state index is 0.142. The highest BCUT2D eigenvalue weighted by Crippen LogP contribution is 2.28. The molecule has 0 bridgehead atoms. The SMILES string of the molecule is COc1ccc(OC)c(NC(=O)NCCOc2ccccc2F)c1. The zero-order valence-electron chi connectivity index (χ0n) is 13.5. The van der Waals surface area contributed by atoms with E-state index in [0.717, 1.165) is 0 Å². The van der Waals surface area contributed by atoms with Crippen LogP contribution in [-0.2, 0) is 0 Å². The molecule has 0 atom stereocenters. The molecule has 0 aromatic heterocycles. The van der Waals surface area contributed by atoms with Crippen LogP contribution in [0.2, 0.25) is 0 Å². The number of carbonyl (C=O) groups excluding carboxylic acids is 1. The molecule has 2 aromatic rings. The van der Waals surface area contributed by atoms with Gasteiger partial charge in [0, 0.05) is 6.07 Å². The van der Waals surface area contributed by atoms with Crippen LogP contribution in [0.5, 0.6) is 17.2 Å². The van der Waals surface area contributed by atoms with E-state index in [4.69, 9.17) is 14.2 Å². The van der Waals surface area contributed by atoms with Crippen molar-refractivity contribution in [3.8, 4) is 17.2 Å². The molecule has 7 heteroatoms. The molecule has 0 spiro atoms. The van der Waals surface area contributed by atoms with Gasteiger partial charge in [-0.1, -0.05) is 12.1 Å². The molecular weight excluding hydrogens is 315 g/mol. The fourth-order valence-electron chi connectivity index (χ4n) is 1.97. The second-order valence-corrected chi connectivity index (χ2v) is 4.73. The minimum atomic E-state index is -0.442. The Morgan fingerprint density at radius 2 is 1.88 bits per heavy atom. The molecule has 24 heavy (non-hydrogen) atoms. The predicted octanol–water partition coefficient (Wildman–Crippen LogP) is 3.04. The summed E-state index contributed by atoms with van der Waals surface area (Å²) in [6.07, 6.45) is 0. The van der Waals surface area contributed by atoms with E-state index in [2.05, 4.69) is 10.6 Å². The average molecular weight is 334 g/mol. The van der Waals surface area contributed by atoms with E-state index in [-0.39, 0.29) is 18.9 Å². The molecule has 128 valence electrons. The molecule has 0 fully saturated rings. The van der Waals surface area contributed by atoms with Gasteiger partial charge >= 0.3 is 6.03 Å². The molecule has 2 amide bonds. The van der Waals surface area contributed by atoms with Gasteiger partial charge in [0.1, 0.15) is 18.1 Å². The van der Waals surface area contributed by atoms with Crippen molar-refractivity contribution in [1.29, 1.82) is 0 Å². The van der Waals surface area contributed by atoms with Crippen molar-refractivity contribution in [3.05, 3.63) is 48.3 Å². The standard InChI is InChI=1S/C17H19FN2O4/c1-22-12-7-8-16(23-2)14(11-12)20-17(21)19-9-10-24-15-6-4-3-5-13(15)18/h3-8,11H,9-10H2,1-2H3,(H2,19,20,21). The number of urea groups is 1. The van der Waals surface area contributed by atoms with Gasteiger partial charge in [-0.15, -0.1) is 0 Å². The third-order valence-electron chi connectivity index (χ3n) is 3.14. The minimum Gasteiger partial charge on any atom is -0.497 e. The van der Waals surface area contributed by atoms with Crippen molar-refractivity contribution in [1.82, 2.24) is 5.32 Å². The second-order valence-electron chi connectivity index (χ2n) is 4.73. The topological polar surface area (TPSA) is 68.8 Å². The van der Waals surface area contributed by atoms with Crippen LogP contribution in [-0.4, -0.2) is 33.4 Å². The number of hydrogen-bond acceptors (Lipinski definition) is 4.